The number of piperidine rings is 1. The first kappa shape index (κ1) is 18.9. The van der Waals surface area contributed by atoms with Crippen LogP contribution in [-0.4, -0.2) is 44.2 Å². The summed E-state index contributed by atoms with van der Waals surface area (Å²) in [6.45, 7) is 3.94. The maximum Gasteiger partial charge on any atom is 0.255 e. The van der Waals surface area contributed by atoms with Crippen molar-refractivity contribution in [3.05, 3.63) is 46.5 Å². The second kappa shape index (κ2) is 8.20. The molecule has 1 saturated heterocycles. The highest BCUT2D eigenvalue weighted by molar-refractivity contribution is 5.94. The Kier molecular flexibility index (Phi) is 5.73. The zero-order valence-electron chi connectivity index (χ0n) is 15.7. The molecule has 3 rings (SSSR count). The van der Waals surface area contributed by atoms with Gasteiger partial charge in [0.2, 0.25) is 11.5 Å². The molecule has 3 heterocycles. The average Bonchev–Trinajstić information content (AvgIpc) is 3.11. The van der Waals surface area contributed by atoms with Gasteiger partial charge in [0, 0.05) is 57.6 Å². The van der Waals surface area contributed by atoms with Crippen LogP contribution in [0.2, 0.25) is 0 Å². The fourth-order valence-electron chi connectivity index (χ4n) is 3.38. The van der Waals surface area contributed by atoms with Crippen molar-refractivity contribution in [3.8, 4) is 0 Å². The molecular weight excluding hydrogens is 346 g/mol. The van der Waals surface area contributed by atoms with Crippen molar-refractivity contribution in [2.75, 3.05) is 18.4 Å². The van der Waals surface area contributed by atoms with Crippen molar-refractivity contribution in [2.45, 2.75) is 32.7 Å². The fraction of sp³-hybridized carbons (Fsp3) is 0.474. The Bertz CT molecular complexity index is 885. The van der Waals surface area contributed by atoms with Gasteiger partial charge in [-0.05, 0) is 31.7 Å². The van der Waals surface area contributed by atoms with E-state index in [1.807, 2.05) is 13.1 Å². The molecule has 0 radical (unpaired) electrons. The first-order valence-electron chi connectivity index (χ1n) is 9.25. The van der Waals surface area contributed by atoms with Crippen LogP contribution in [-0.2, 0) is 18.4 Å². The summed E-state index contributed by atoms with van der Waals surface area (Å²) >= 11 is 0. The van der Waals surface area contributed by atoms with Crippen LogP contribution < -0.4 is 10.9 Å². The number of nitrogens with one attached hydrogen (secondary N) is 1. The third-order valence-corrected chi connectivity index (χ3v) is 4.85. The minimum atomic E-state index is -0.148. The van der Waals surface area contributed by atoms with E-state index in [2.05, 4.69) is 10.4 Å². The van der Waals surface area contributed by atoms with Crippen LogP contribution in [0.25, 0.3) is 0 Å². The molecule has 0 unspecified atom stereocenters. The average molecular weight is 371 g/mol. The zero-order chi connectivity index (χ0) is 19.4. The van der Waals surface area contributed by atoms with E-state index >= 15 is 0 Å². The van der Waals surface area contributed by atoms with Gasteiger partial charge in [-0.1, -0.05) is 0 Å². The summed E-state index contributed by atoms with van der Waals surface area (Å²) in [6.07, 6.45) is 5.51. The highest BCUT2D eigenvalue weighted by Gasteiger charge is 2.26. The van der Waals surface area contributed by atoms with Crippen LogP contribution >= 0.6 is 0 Å². The number of anilines is 1. The topological polar surface area (TPSA) is 89.2 Å². The highest BCUT2D eigenvalue weighted by Crippen LogP contribution is 2.21. The summed E-state index contributed by atoms with van der Waals surface area (Å²) in [5.74, 6) is 0.481. The molecule has 1 aliphatic heterocycles. The van der Waals surface area contributed by atoms with Crippen molar-refractivity contribution in [1.29, 1.82) is 0 Å². The Hall–Kier alpha value is -2.90. The van der Waals surface area contributed by atoms with E-state index in [1.54, 1.807) is 35.0 Å². The lowest BCUT2D eigenvalue weighted by atomic mass is 9.94. The Morgan fingerprint density at radius 3 is 2.81 bits per heavy atom. The quantitative estimate of drug-likeness (QED) is 0.862. The number of amides is 2. The molecular formula is C19H25N5O3. The van der Waals surface area contributed by atoms with Gasteiger partial charge in [-0.25, -0.2) is 0 Å². The van der Waals surface area contributed by atoms with E-state index in [1.165, 1.54) is 10.6 Å². The Morgan fingerprint density at radius 1 is 1.30 bits per heavy atom. The molecule has 1 N–H and O–H groups in total. The summed E-state index contributed by atoms with van der Waals surface area (Å²) in [6, 6.07) is 4.74. The molecule has 0 aliphatic carbocycles. The minimum Gasteiger partial charge on any atom is -0.338 e. The fourth-order valence-corrected chi connectivity index (χ4v) is 3.38. The van der Waals surface area contributed by atoms with Gasteiger partial charge in [0.1, 0.15) is 0 Å². The van der Waals surface area contributed by atoms with Gasteiger partial charge in [0.15, 0.2) is 5.82 Å². The number of hydrogen-bond donors (Lipinski definition) is 1. The third-order valence-electron chi connectivity index (χ3n) is 4.85. The first-order chi connectivity index (χ1) is 13.0. The van der Waals surface area contributed by atoms with Gasteiger partial charge in [-0.3, -0.25) is 19.1 Å². The number of aromatic nitrogens is 3. The summed E-state index contributed by atoms with van der Waals surface area (Å²) in [5.41, 5.74) is 0.345. The summed E-state index contributed by atoms with van der Waals surface area (Å²) in [4.78, 5) is 38.3. The van der Waals surface area contributed by atoms with Crippen LogP contribution in [0.15, 0.2) is 35.4 Å². The molecule has 144 valence electrons. The van der Waals surface area contributed by atoms with E-state index < -0.39 is 0 Å². The largest absolute Gasteiger partial charge is 0.338 e. The van der Waals surface area contributed by atoms with Gasteiger partial charge in [-0.2, -0.15) is 5.10 Å². The number of carbonyl (C=O) groups is 2. The van der Waals surface area contributed by atoms with Crippen molar-refractivity contribution in [3.63, 3.8) is 0 Å². The molecule has 27 heavy (non-hydrogen) atoms. The molecule has 1 atom stereocenters. The lowest BCUT2D eigenvalue weighted by Gasteiger charge is -2.32. The number of hydrogen-bond acceptors (Lipinski definition) is 4. The molecule has 1 fully saturated rings. The zero-order valence-corrected chi connectivity index (χ0v) is 15.7. The summed E-state index contributed by atoms with van der Waals surface area (Å²) < 4.78 is 3.15. The molecule has 8 heteroatoms. The number of aryl methyl sites for hydroxylation is 2. The number of pyridine rings is 1. The van der Waals surface area contributed by atoms with Gasteiger partial charge in [0.05, 0.1) is 5.56 Å². The Morgan fingerprint density at radius 2 is 2.11 bits per heavy atom. The first-order valence-corrected chi connectivity index (χ1v) is 9.25. The molecule has 8 nitrogen and oxygen atoms in total. The van der Waals surface area contributed by atoms with Crippen molar-refractivity contribution in [2.24, 2.45) is 13.0 Å². The van der Waals surface area contributed by atoms with E-state index in [0.29, 0.717) is 30.9 Å². The molecule has 2 aromatic rings. The lowest BCUT2D eigenvalue weighted by molar-refractivity contribution is -0.117. The van der Waals surface area contributed by atoms with Gasteiger partial charge in [-0.15, -0.1) is 0 Å². The van der Waals surface area contributed by atoms with Crippen LogP contribution in [0.4, 0.5) is 5.82 Å². The number of nitrogens with zero attached hydrogens (tertiary/aromatic N) is 4. The van der Waals surface area contributed by atoms with E-state index in [0.717, 1.165) is 19.4 Å². The Labute approximate surface area is 157 Å². The van der Waals surface area contributed by atoms with Crippen LogP contribution in [0.3, 0.4) is 0 Å². The molecule has 0 spiro atoms. The summed E-state index contributed by atoms with van der Waals surface area (Å²) in [5, 5.41) is 7.07. The smallest absolute Gasteiger partial charge is 0.255 e. The molecule has 0 bridgehead atoms. The predicted octanol–water partition coefficient (Wildman–Crippen LogP) is 1.48. The van der Waals surface area contributed by atoms with Gasteiger partial charge in [0.25, 0.3) is 5.91 Å². The van der Waals surface area contributed by atoms with Crippen LogP contribution in [0.1, 0.15) is 36.5 Å². The second-order valence-corrected chi connectivity index (χ2v) is 6.94. The maximum absolute atomic E-state index is 12.7. The minimum absolute atomic E-state index is 0.0854. The maximum atomic E-state index is 12.7. The van der Waals surface area contributed by atoms with Gasteiger partial charge >= 0.3 is 0 Å². The monoisotopic (exact) mass is 371 g/mol. The van der Waals surface area contributed by atoms with Gasteiger partial charge < -0.3 is 14.8 Å². The van der Waals surface area contributed by atoms with E-state index in [9.17, 15) is 14.4 Å². The standard InChI is InChI=1S/C19H25N5O3/c1-3-24-10-8-16(21-24)20-17(25)11-14-5-4-9-23(12-14)19(27)15-6-7-18(26)22(2)13-15/h6-8,10,13-14H,3-5,9,11-12H2,1-2H3,(H,20,21,25)/t14-/m0/s1. The molecule has 2 aromatic heterocycles. The predicted molar refractivity (Wildman–Crippen MR) is 101 cm³/mol. The third kappa shape index (κ3) is 4.64. The Balaban J connectivity index is 1.58. The molecule has 0 aromatic carbocycles. The second-order valence-electron chi connectivity index (χ2n) is 6.94. The highest BCUT2D eigenvalue weighted by atomic mass is 16.2. The SMILES string of the molecule is CCn1ccc(NC(=O)C[C@@H]2CCCN(C(=O)c3ccc(=O)n(C)c3)C2)n1. The van der Waals surface area contributed by atoms with Crippen molar-refractivity contribution < 1.29 is 9.59 Å². The molecule has 2 amide bonds. The number of rotatable bonds is 5. The number of carbonyl (C=O) groups excluding carboxylic acids is 2. The summed E-state index contributed by atoms with van der Waals surface area (Å²) in [7, 11) is 1.63. The van der Waals surface area contributed by atoms with E-state index in [4.69, 9.17) is 0 Å². The van der Waals surface area contributed by atoms with Crippen molar-refractivity contribution in [1.82, 2.24) is 19.2 Å². The van der Waals surface area contributed by atoms with Crippen LogP contribution in [0, 0.1) is 5.92 Å². The van der Waals surface area contributed by atoms with Crippen LogP contribution in [0.5, 0.6) is 0 Å². The van der Waals surface area contributed by atoms with E-state index in [-0.39, 0.29) is 23.3 Å². The molecule has 0 saturated carbocycles. The number of likely N-dealkylation sites (tertiary alicyclic amines) is 1. The molecule has 1 aliphatic rings. The van der Waals surface area contributed by atoms with Crippen molar-refractivity contribution >= 4 is 17.6 Å². The normalized spacial score (nSPS) is 17.0. The lowest BCUT2D eigenvalue weighted by Crippen LogP contribution is -2.41.